The second-order valence-corrected chi connectivity index (χ2v) is 8.16. The van der Waals surface area contributed by atoms with E-state index in [0.717, 1.165) is 54.7 Å². The molecule has 152 valence electrons. The fraction of sp³-hybridized carbons (Fsp3) is 0.667. The maximum absolute atomic E-state index is 5.58. The summed E-state index contributed by atoms with van der Waals surface area (Å²) in [5.74, 6) is 3.21. The van der Waals surface area contributed by atoms with Crippen LogP contribution >= 0.6 is 0 Å². The fourth-order valence-corrected chi connectivity index (χ4v) is 4.62. The molecule has 7 heteroatoms. The zero-order valence-corrected chi connectivity index (χ0v) is 17.2. The Hall–Kier alpha value is -2.15. The molecule has 0 radical (unpaired) electrons. The summed E-state index contributed by atoms with van der Waals surface area (Å²) in [4.78, 5) is 2.53. The highest BCUT2D eigenvalue weighted by molar-refractivity contribution is 5.45. The molecule has 1 aromatic carbocycles. The summed E-state index contributed by atoms with van der Waals surface area (Å²) in [5.41, 5.74) is 1.15. The first-order valence-electron chi connectivity index (χ1n) is 10.4. The van der Waals surface area contributed by atoms with Gasteiger partial charge in [0.15, 0.2) is 17.3 Å². The van der Waals surface area contributed by atoms with E-state index in [1.165, 1.54) is 25.7 Å². The van der Waals surface area contributed by atoms with Crippen molar-refractivity contribution in [1.82, 2.24) is 25.1 Å². The van der Waals surface area contributed by atoms with Gasteiger partial charge in [0.2, 0.25) is 0 Å². The number of tetrazole rings is 1. The van der Waals surface area contributed by atoms with Gasteiger partial charge in [0, 0.05) is 0 Å². The van der Waals surface area contributed by atoms with Crippen LogP contribution in [0.1, 0.15) is 68.9 Å². The molecule has 1 aromatic heterocycles. The molecule has 0 spiro atoms. The lowest BCUT2D eigenvalue weighted by Gasteiger charge is -2.36. The average Bonchev–Trinajstić information content (AvgIpc) is 3.41. The van der Waals surface area contributed by atoms with Gasteiger partial charge < -0.3 is 9.47 Å². The standard InChI is InChI=1S/C21H31N5O2/c1-15-10-12-25(13-11-15)20(16-8-9-18(27-2)19(14-16)28-3)21-22-23-24-26(21)17-6-4-5-7-17/h8-9,14-15,17,20H,4-7,10-13H2,1-3H3/t20-/m0/s1. The number of hydrogen-bond acceptors (Lipinski definition) is 6. The maximum Gasteiger partial charge on any atom is 0.173 e. The van der Waals surface area contributed by atoms with Crippen molar-refractivity contribution in [1.29, 1.82) is 0 Å². The minimum absolute atomic E-state index is 0.0305. The zero-order chi connectivity index (χ0) is 19.5. The maximum atomic E-state index is 5.58. The monoisotopic (exact) mass is 385 g/mol. The fourth-order valence-electron chi connectivity index (χ4n) is 4.62. The molecule has 4 rings (SSSR count). The van der Waals surface area contributed by atoms with E-state index in [0.29, 0.717) is 6.04 Å². The van der Waals surface area contributed by atoms with Crippen LogP contribution < -0.4 is 9.47 Å². The number of methoxy groups -OCH3 is 2. The third-order valence-corrected chi connectivity index (χ3v) is 6.34. The molecule has 1 aliphatic carbocycles. The molecule has 0 N–H and O–H groups in total. The zero-order valence-electron chi connectivity index (χ0n) is 17.2. The molecule has 2 heterocycles. The topological polar surface area (TPSA) is 65.3 Å². The molecule has 7 nitrogen and oxygen atoms in total. The summed E-state index contributed by atoms with van der Waals surface area (Å²) >= 11 is 0. The second-order valence-electron chi connectivity index (χ2n) is 8.16. The Morgan fingerprint density at radius 2 is 1.71 bits per heavy atom. The summed E-state index contributed by atoms with van der Waals surface area (Å²) in [6, 6.07) is 6.63. The summed E-state index contributed by atoms with van der Waals surface area (Å²) in [7, 11) is 3.35. The molecule has 28 heavy (non-hydrogen) atoms. The quantitative estimate of drug-likeness (QED) is 0.757. The Balaban J connectivity index is 1.74. The van der Waals surface area contributed by atoms with Gasteiger partial charge in [-0.3, -0.25) is 4.90 Å². The van der Waals surface area contributed by atoms with Crippen LogP contribution in [-0.4, -0.2) is 52.4 Å². The summed E-state index contributed by atoms with van der Waals surface area (Å²) in [5, 5.41) is 13.0. The molecule has 1 saturated heterocycles. The van der Waals surface area contributed by atoms with Crippen molar-refractivity contribution in [2.45, 2.75) is 57.5 Å². The van der Waals surface area contributed by atoms with Gasteiger partial charge in [0.25, 0.3) is 0 Å². The van der Waals surface area contributed by atoms with Crippen LogP contribution in [0, 0.1) is 5.92 Å². The Morgan fingerprint density at radius 1 is 1.00 bits per heavy atom. The highest BCUT2D eigenvalue weighted by Crippen LogP contribution is 2.38. The molecule has 1 aliphatic heterocycles. The van der Waals surface area contributed by atoms with Gasteiger partial charge in [0.05, 0.1) is 26.3 Å². The lowest BCUT2D eigenvalue weighted by molar-refractivity contribution is 0.148. The first-order valence-corrected chi connectivity index (χ1v) is 10.4. The van der Waals surface area contributed by atoms with Crippen molar-refractivity contribution >= 4 is 0 Å². The Bertz CT molecular complexity index is 779. The normalized spacial score (nSPS) is 20.4. The van der Waals surface area contributed by atoms with Gasteiger partial charge in [-0.05, 0) is 72.8 Å². The highest BCUT2D eigenvalue weighted by atomic mass is 16.5. The minimum atomic E-state index is 0.0305. The van der Waals surface area contributed by atoms with Gasteiger partial charge in [-0.25, -0.2) is 4.68 Å². The van der Waals surface area contributed by atoms with Gasteiger partial charge in [-0.15, -0.1) is 5.10 Å². The van der Waals surface area contributed by atoms with Gasteiger partial charge in [-0.2, -0.15) is 0 Å². The lowest BCUT2D eigenvalue weighted by Crippen LogP contribution is -2.38. The Morgan fingerprint density at radius 3 is 2.39 bits per heavy atom. The first kappa shape index (κ1) is 19.2. The third-order valence-electron chi connectivity index (χ3n) is 6.34. The number of likely N-dealkylation sites (tertiary alicyclic amines) is 1. The van der Waals surface area contributed by atoms with Gasteiger partial charge in [-0.1, -0.05) is 25.8 Å². The molecular formula is C21H31N5O2. The molecule has 2 aliphatic rings. The number of aromatic nitrogens is 4. The average molecular weight is 386 g/mol. The van der Waals surface area contributed by atoms with Crippen LogP contribution in [0.4, 0.5) is 0 Å². The van der Waals surface area contributed by atoms with Crippen molar-refractivity contribution in [3.63, 3.8) is 0 Å². The number of nitrogens with zero attached hydrogens (tertiary/aromatic N) is 5. The number of benzene rings is 1. The van der Waals surface area contributed by atoms with Crippen LogP contribution in [0.25, 0.3) is 0 Å². The lowest BCUT2D eigenvalue weighted by atomic mass is 9.95. The molecule has 1 atom stereocenters. The number of hydrogen-bond donors (Lipinski definition) is 0. The van der Waals surface area contributed by atoms with E-state index >= 15 is 0 Å². The Kier molecular flexibility index (Phi) is 5.80. The van der Waals surface area contributed by atoms with Crippen LogP contribution in [0.5, 0.6) is 11.5 Å². The second kappa shape index (κ2) is 8.47. The van der Waals surface area contributed by atoms with Crippen molar-refractivity contribution in [3.05, 3.63) is 29.6 Å². The summed E-state index contributed by atoms with van der Waals surface area (Å²) < 4.78 is 13.1. The first-order chi connectivity index (χ1) is 13.7. The largest absolute Gasteiger partial charge is 0.493 e. The van der Waals surface area contributed by atoms with E-state index < -0.39 is 0 Å². The van der Waals surface area contributed by atoms with Crippen LogP contribution in [-0.2, 0) is 0 Å². The van der Waals surface area contributed by atoms with Gasteiger partial charge in [0.1, 0.15) is 0 Å². The predicted octanol–water partition coefficient (Wildman–Crippen LogP) is 3.63. The minimum Gasteiger partial charge on any atom is -0.493 e. The van der Waals surface area contributed by atoms with E-state index in [1.807, 2.05) is 6.07 Å². The third kappa shape index (κ3) is 3.72. The smallest absolute Gasteiger partial charge is 0.173 e. The van der Waals surface area contributed by atoms with E-state index in [4.69, 9.17) is 9.47 Å². The summed E-state index contributed by atoms with van der Waals surface area (Å²) in [6.07, 6.45) is 7.24. The van der Waals surface area contributed by atoms with E-state index in [-0.39, 0.29) is 6.04 Å². The van der Waals surface area contributed by atoms with Crippen molar-refractivity contribution < 1.29 is 9.47 Å². The number of rotatable bonds is 6. The summed E-state index contributed by atoms with van der Waals surface area (Å²) in [6.45, 7) is 4.45. The molecule has 2 fully saturated rings. The predicted molar refractivity (Wildman–Crippen MR) is 107 cm³/mol. The molecule has 0 amide bonds. The van der Waals surface area contributed by atoms with E-state index in [9.17, 15) is 0 Å². The van der Waals surface area contributed by atoms with E-state index in [1.54, 1.807) is 14.2 Å². The van der Waals surface area contributed by atoms with Crippen LogP contribution in [0.15, 0.2) is 18.2 Å². The van der Waals surface area contributed by atoms with Gasteiger partial charge >= 0.3 is 0 Å². The molecule has 1 saturated carbocycles. The van der Waals surface area contributed by atoms with Crippen molar-refractivity contribution in [2.24, 2.45) is 5.92 Å². The molecule has 2 aromatic rings. The molecular weight excluding hydrogens is 354 g/mol. The SMILES string of the molecule is COc1ccc([C@@H](c2nnnn2C2CCCC2)N2CCC(C)CC2)cc1OC. The van der Waals surface area contributed by atoms with Crippen molar-refractivity contribution in [3.8, 4) is 11.5 Å². The van der Waals surface area contributed by atoms with Crippen molar-refractivity contribution in [2.75, 3.05) is 27.3 Å². The molecule has 0 unspecified atom stereocenters. The van der Waals surface area contributed by atoms with Crippen LogP contribution in [0.2, 0.25) is 0 Å². The number of piperidine rings is 1. The highest BCUT2D eigenvalue weighted by Gasteiger charge is 2.33. The Labute approximate surface area is 167 Å². The number of ether oxygens (including phenoxy) is 2. The van der Waals surface area contributed by atoms with E-state index in [2.05, 4.69) is 44.2 Å². The molecule has 0 bridgehead atoms. The van der Waals surface area contributed by atoms with Crippen LogP contribution in [0.3, 0.4) is 0 Å².